The molecule has 1 aromatic rings. The van der Waals surface area contributed by atoms with Crippen molar-refractivity contribution in [2.75, 3.05) is 26.7 Å². The van der Waals surface area contributed by atoms with E-state index in [0.717, 1.165) is 45.0 Å². The Morgan fingerprint density at radius 2 is 2.00 bits per heavy atom. The van der Waals surface area contributed by atoms with Crippen molar-refractivity contribution in [3.63, 3.8) is 0 Å². The Labute approximate surface area is 146 Å². The summed E-state index contributed by atoms with van der Waals surface area (Å²) in [5.41, 5.74) is 1.20. The third kappa shape index (κ3) is 7.34. The van der Waals surface area contributed by atoms with Crippen LogP contribution in [0, 0.1) is 6.92 Å². The third-order valence-electron chi connectivity index (χ3n) is 4.36. The molecule has 0 bridgehead atoms. The Bertz CT molecular complexity index is 480. The molecule has 6 heteroatoms. The van der Waals surface area contributed by atoms with Gasteiger partial charge < -0.3 is 15.4 Å². The van der Waals surface area contributed by atoms with Crippen molar-refractivity contribution in [2.24, 2.45) is 4.99 Å². The zero-order valence-electron chi connectivity index (χ0n) is 15.3. The van der Waals surface area contributed by atoms with Crippen LogP contribution in [-0.4, -0.2) is 48.6 Å². The highest BCUT2D eigenvalue weighted by Crippen LogP contribution is 2.20. The van der Waals surface area contributed by atoms with Gasteiger partial charge >= 0.3 is 0 Å². The summed E-state index contributed by atoms with van der Waals surface area (Å²) in [6.45, 7) is 5.60. The van der Waals surface area contributed by atoms with Crippen LogP contribution in [0.15, 0.2) is 17.4 Å². The minimum absolute atomic E-state index is 0.502. The zero-order valence-corrected chi connectivity index (χ0v) is 15.3. The van der Waals surface area contributed by atoms with Crippen LogP contribution in [0.1, 0.15) is 50.5 Å². The van der Waals surface area contributed by atoms with Gasteiger partial charge in [0, 0.05) is 39.5 Å². The Hall–Kier alpha value is -1.56. The van der Waals surface area contributed by atoms with Crippen LogP contribution in [0.2, 0.25) is 0 Å². The SMILES string of the molecule is CN=C(NCCCOC1CCCCC1)NCCCn1cc(C)cn1. The average molecular weight is 335 g/mol. The van der Waals surface area contributed by atoms with Crippen molar-refractivity contribution in [3.8, 4) is 0 Å². The van der Waals surface area contributed by atoms with Gasteiger partial charge in [-0.05, 0) is 38.2 Å². The van der Waals surface area contributed by atoms with E-state index in [1.54, 1.807) is 0 Å². The molecular weight excluding hydrogens is 302 g/mol. The van der Waals surface area contributed by atoms with E-state index in [1.807, 2.05) is 17.9 Å². The number of hydrogen-bond acceptors (Lipinski definition) is 3. The van der Waals surface area contributed by atoms with Crippen LogP contribution >= 0.6 is 0 Å². The highest BCUT2D eigenvalue weighted by Gasteiger charge is 2.12. The third-order valence-corrected chi connectivity index (χ3v) is 4.36. The number of aryl methyl sites for hydroxylation is 2. The maximum Gasteiger partial charge on any atom is 0.190 e. The molecule has 0 radical (unpaired) electrons. The molecule has 0 aliphatic heterocycles. The van der Waals surface area contributed by atoms with Gasteiger partial charge in [-0.3, -0.25) is 9.67 Å². The molecule has 6 nitrogen and oxygen atoms in total. The van der Waals surface area contributed by atoms with Crippen LogP contribution < -0.4 is 10.6 Å². The van der Waals surface area contributed by atoms with Crippen molar-refractivity contribution in [3.05, 3.63) is 18.0 Å². The van der Waals surface area contributed by atoms with Gasteiger partial charge in [0.15, 0.2) is 5.96 Å². The van der Waals surface area contributed by atoms with Crippen LogP contribution in [0.5, 0.6) is 0 Å². The Balaban J connectivity index is 1.47. The van der Waals surface area contributed by atoms with Gasteiger partial charge in [-0.25, -0.2) is 0 Å². The van der Waals surface area contributed by atoms with Gasteiger partial charge in [0.05, 0.1) is 12.3 Å². The lowest BCUT2D eigenvalue weighted by Crippen LogP contribution is -2.38. The summed E-state index contributed by atoms with van der Waals surface area (Å²) in [6, 6.07) is 0. The second-order valence-electron chi connectivity index (χ2n) is 6.54. The fourth-order valence-corrected chi connectivity index (χ4v) is 3.02. The molecule has 1 saturated carbocycles. The Kier molecular flexibility index (Phi) is 8.66. The van der Waals surface area contributed by atoms with E-state index in [2.05, 4.69) is 33.8 Å². The first-order valence-electron chi connectivity index (χ1n) is 9.33. The van der Waals surface area contributed by atoms with E-state index in [-0.39, 0.29) is 0 Å². The molecule has 0 amide bonds. The minimum Gasteiger partial charge on any atom is -0.378 e. The van der Waals surface area contributed by atoms with Crippen LogP contribution in [0.4, 0.5) is 0 Å². The van der Waals surface area contributed by atoms with Crippen molar-refractivity contribution >= 4 is 5.96 Å². The number of nitrogens with one attached hydrogen (secondary N) is 2. The standard InChI is InChI=1S/C18H33N5O/c1-16-14-22-23(15-16)12-6-10-20-18(19-2)21-11-7-13-24-17-8-4-3-5-9-17/h14-15,17H,3-13H2,1-2H3,(H2,19,20,21). The number of nitrogens with zero attached hydrogens (tertiary/aromatic N) is 3. The molecule has 1 fully saturated rings. The van der Waals surface area contributed by atoms with Crippen LogP contribution in [0.25, 0.3) is 0 Å². The number of aliphatic imine (C=N–C) groups is 1. The monoisotopic (exact) mass is 335 g/mol. The van der Waals surface area contributed by atoms with Gasteiger partial charge in [0.2, 0.25) is 0 Å². The molecule has 0 atom stereocenters. The summed E-state index contributed by atoms with van der Waals surface area (Å²) in [5.74, 6) is 0.865. The van der Waals surface area contributed by atoms with E-state index in [1.165, 1.54) is 37.7 Å². The lowest BCUT2D eigenvalue weighted by atomic mass is 9.98. The molecule has 2 N–H and O–H groups in total. The van der Waals surface area contributed by atoms with Crippen molar-refractivity contribution in [1.29, 1.82) is 0 Å². The summed E-state index contributed by atoms with van der Waals surface area (Å²) >= 11 is 0. The van der Waals surface area contributed by atoms with E-state index in [4.69, 9.17) is 4.74 Å². The van der Waals surface area contributed by atoms with Gasteiger partial charge in [-0.1, -0.05) is 19.3 Å². The molecule has 2 rings (SSSR count). The molecule has 0 saturated heterocycles. The summed E-state index contributed by atoms with van der Waals surface area (Å²) in [6.07, 6.45) is 13.0. The average Bonchev–Trinajstić information content (AvgIpc) is 3.02. The lowest BCUT2D eigenvalue weighted by Gasteiger charge is -2.22. The lowest BCUT2D eigenvalue weighted by molar-refractivity contribution is 0.0277. The number of ether oxygens (including phenoxy) is 1. The van der Waals surface area contributed by atoms with Crippen molar-refractivity contribution in [1.82, 2.24) is 20.4 Å². The quantitative estimate of drug-likeness (QED) is 0.413. The smallest absolute Gasteiger partial charge is 0.190 e. The number of hydrogen-bond donors (Lipinski definition) is 2. The summed E-state index contributed by atoms with van der Waals surface area (Å²) in [4.78, 5) is 4.26. The van der Waals surface area contributed by atoms with Gasteiger partial charge in [-0.15, -0.1) is 0 Å². The predicted octanol–water partition coefficient (Wildman–Crippen LogP) is 2.49. The molecule has 1 heterocycles. The molecular formula is C18H33N5O. The minimum atomic E-state index is 0.502. The largest absolute Gasteiger partial charge is 0.378 e. The molecule has 136 valence electrons. The molecule has 0 spiro atoms. The number of aromatic nitrogens is 2. The Morgan fingerprint density at radius 1 is 1.25 bits per heavy atom. The fourth-order valence-electron chi connectivity index (χ4n) is 3.02. The molecule has 0 unspecified atom stereocenters. The molecule has 24 heavy (non-hydrogen) atoms. The van der Waals surface area contributed by atoms with Crippen molar-refractivity contribution in [2.45, 2.75) is 64.5 Å². The van der Waals surface area contributed by atoms with E-state index >= 15 is 0 Å². The highest BCUT2D eigenvalue weighted by molar-refractivity contribution is 5.79. The topological polar surface area (TPSA) is 63.5 Å². The van der Waals surface area contributed by atoms with E-state index in [9.17, 15) is 0 Å². The second-order valence-corrected chi connectivity index (χ2v) is 6.54. The molecule has 1 aliphatic carbocycles. The highest BCUT2D eigenvalue weighted by atomic mass is 16.5. The van der Waals surface area contributed by atoms with Gasteiger partial charge in [-0.2, -0.15) is 5.10 Å². The van der Waals surface area contributed by atoms with Crippen molar-refractivity contribution < 1.29 is 4.74 Å². The van der Waals surface area contributed by atoms with Gasteiger partial charge in [0.25, 0.3) is 0 Å². The summed E-state index contributed by atoms with van der Waals surface area (Å²) in [5, 5.41) is 11.0. The molecule has 1 aromatic heterocycles. The normalized spacial score (nSPS) is 16.3. The maximum atomic E-state index is 5.94. The van der Waals surface area contributed by atoms with Crippen LogP contribution in [-0.2, 0) is 11.3 Å². The zero-order chi connectivity index (χ0) is 17.0. The van der Waals surface area contributed by atoms with Gasteiger partial charge in [0.1, 0.15) is 0 Å². The summed E-state index contributed by atoms with van der Waals surface area (Å²) in [7, 11) is 1.81. The molecule has 0 aromatic carbocycles. The van der Waals surface area contributed by atoms with E-state index in [0.29, 0.717) is 6.10 Å². The first kappa shape index (κ1) is 18.8. The van der Waals surface area contributed by atoms with E-state index < -0.39 is 0 Å². The first-order valence-corrected chi connectivity index (χ1v) is 9.33. The second kappa shape index (κ2) is 11.1. The predicted molar refractivity (Wildman–Crippen MR) is 98.4 cm³/mol. The van der Waals surface area contributed by atoms with Crippen LogP contribution in [0.3, 0.4) is 0 Å². The number of rotatable bonds is 9. The number of guanidine groups is 1. The summed E-state index contributed by atoms with van der Waals surface area (Å²) < 4.78 is 7.92. The Morgan fingerprint density at radius 3 is 2.67 bits per heavy atom. The molecule has 1 aliphatic rings. The first-order chi connectivity index (χ1) is 11.8. The maximum absolute atomic E-state index is 5.94. The fraction of sp³-hybridized carbons (Fsp3) is 0.778.